The summed E-state index contributed by atoms with van der Waals surface area (Å²) in [6.45, 7) is 12.3. The molecule has 20 heavy (non-hydrogen) atoms. The number of ether oxygens (including phenoxy) is 1. The lowest BCUT2D eigenvalue weighted by Crippen LogP contribution is -2.50. The van der Waals surface area contributed by atoms with E-state index in [1.165, 1.54) is 0 Å². The fourth-order valence-corrected chi connectivity index (χ4v) is 2.80. The fourth-order valence-electron chi connectivity index (χ4n) is 2.61. The molecule has 0 saturated carbocycles. The first-order valence-electron chi connectivity index (χ1n) is 7.41. The molecule has 1 aromatic rings. The molecule has 1 aliphatic heterocycles. The summed E-state index contributed by atoms with van der Waals surface area (Å²) in [6.07, 6.45) is 0. The van der Waals surface area contributed by atoms with E-state index in [2.05, 4.69) is 29.2 Å². The van der Waals surface area contributed by atoms with Crippen LogP contribution in [-0.4, -0.2) is 53.6 Å². The van der Waals surface area contributed by atoms with Crippen LogP contribution < -0.4 is 5.32 Å². The van der Waals surface area contributed by atoms with Gasteiger partial charge in [0.25, 0.3) is 0 Å². The molecular formula is C14H25ClN4O. The van der Waals surface area contributed by atoms with E-state index in [-0.39, 0.29) is 0 Å². The zero-order valence-electron chi connectivity index (χ0n) is 12.7. The highest BCUT2D eigenvalue weighted by atomic mass is 35.5. The summed E-state index contributed by atoms with van der Waals surface area (Å²) in [5, 5.41) is 8.70. The molecule has 1 atom stereocenters. The number of hydrogen-bond acceptors (Lipinski definition) is 4. The van der Waals surface area contributed by atoms with Crippen molar-refractivity contribution >= 4 is 11.6 Å². The normalized spacial score (nSPS) is 20.5. The number of aromatic nitrogens is 2. The third-order valence-corrected chi connectivity index (χ3v) is 4.28. The van der Waals surface area contributed by atoms with Crippen molar-refractivity contribution in [3.63, 3.8) is 0 Å². The van der Waals surface area contributed by atoms with E-state index in [1.54, 1.807) is 0 Å². The molecule has 1 aliphatic rings. The molecule has 1 saturated heterocycles. The maximum absolute atomic E-state index is 6.41. The average Bonchev–Trinajstić information content (AvgIpc) is 2.74. The van der Waals surface area contributed by atoms with E-state index in [0.717, 1.165) is 62.3 Å². The Kier molecular flexibility index (Phi) is 5.84. The minimum absolute atomic E-state index is 0.403. The third-order valence-electron chi connectivity index (χ3n) is 3.79. The second-order valence-corrected chi connectivity index (χ2v) is 5.55. The monoisotopic (exact) mass is 300 g/mol. The molecule has 6 heteroatoms. The van der Waals surface area contributed by atoms with Crippen LogP contribution in [-0.2, 0) is 17.8 Å². The van der Waals surface area contributed by atoms with Crippen LogP contribution in [0.25, 0.3) is 0 Å². The lowest BCUT2D eigenvalue weighted by Gasteiger charge is -2.35. The Hall–Kier alpha value is -0.620. The summed E-state index contributed by atoms with van der Waals surface area (Å²) in [5.41, 5.74) is 2.04. The quantitative estimate of drug-likeness (QED) is 0.868. The average molecular weight is 301 g/mol. The zero-order chi connectivity index (χ0) is 14.5. The Bertz CT molecular complexity index is 435. The van der Waals surface area contributed by atoms with Gasteiger partial charge in [0.15, 0.2) is 0 Å². The number of aryl methyl sites for hydroxylation is 2. The van der Waals surface area contributed by atoms with Crippen molar-refractivity contribution in [1.29, 1.82) is 0 Å². The Balaban J connectivity index is 2.10. The maximum atomic E-state index is 6.41. The van der Waals surface area contributed by atoms with Crippen LogP contribution >= 0.6 is 11.6 Å². The van der Waals surface area contributed by atoms with Crippen LogP contribution in [0.5, 0.6) is 0 Å². The van der Waals surface area contributed by atoms with Crippen LogP contribution in [0.3, 0.4) is 0 Å². The van der Waals surface area contributed by atoms with E-state index < -0.39 is 0 Å². The largest absolute Gasteiger partial charge is 0.378 e. The van der Waals surface area contributed by atoms with Crippen molar-refractivity contribution in [1.82, 2.24) is 20.0 Å². The molecule has 1 aromatic heterocycles. The number of likely N-dealkylation sites (N-methyl/N-ethyl adjacent to an activating group) is 1. The molecule has 0 amide bonds. The van der Waals surface area contributed by atoms with Crippen LogP contribution in [0.2, 0.25) is 5.02 Å². The lowest BCUT2D eigenvalue weighted by molar-refractivity contribution is -0.0118. The number of nitrogens with zero attached hydrogens (tertiary/aromatic N) is 3. The van der Waals surface area contributed by atoms with Crippen molar-refractivity contribution in [3.05, 3.63) is 16.4 Å². The fraction of sp³-hybridized carbons (Fsp3) is 0.786. The number of halogens is 1. The molecule has 114 valence electrons. The molecule has 0 bridgehead atoms. The highest BCUT2D eigenvalue weighted by molar-refractivity contribution is 6.31. The van der Waals surface area contributed by atoms with Crippen molar-refractivity contribution in [3.8, 4) is 0 Å². The topological polar surface area (TPSA) is 42.3 Å². The summed E-state index contributed by atoms with van der Waals surface area (Å²) in [6, 6.07) is 0.403. The first-order valence-corrected chi connectivity index (χ1v) is 7.79. The molecule has 1 unspecified atom stereocenters. The van der Waals surface area contributed by atoms with Gasteiger partial charge >= 0.3 is 0 Å². The SMILES string of the molecule is CCNCC1COCCN1Cc1c(Cl)c(C)nn1CC. The minimum atomic E-state index is 0.403. The van der Waals surface area contributed by atoms with Gasteiger partial charge in [0.1, 0.15) is 0 Å². The molecule has 0 spiro atoms. The smallest absolute Gasteiger partial charge is 0.0860 e. The van der Waals surface area contributed by atoms with Gasteiger partial charge in [0.2, 0.25) is 0 Å². The van der Waals surface area contributed by atoms with Crippen molar-refractivity contribution in [2.24, 2.45) is 0 Å². The lowest BCUT2D eigenvalue weighted by atomic mass is 10.2. The van der Waals surface area contributed by atoms with Gasteiger partial charge in [-0.2, -0.15) is 5.10 Å². The van der Waals surface area contributed by atoms with Gasteiger partial charge in [-0.15, -0.1) is 0 Å². The molecule has 0 radical (unpaired) electrons. The predicted octanol–water partition coefficient (Wildman–Crippen LogP) is 1.68. The van der Waals surface area contributed by atoms with E-state index in [9.17, 15) is 0 Å². The minimum Gasteiger partial charge on any atom is -0.378 e. The summed E-state index contributed by atoms with van der Waals surface area (Å²) >= 11 is 6.41. The molecule has 5 nitrogen and oxygen atoms in total. The Morgan fingerprint density at radius 2 is 2.25 bits per heavy atom. The van der Waals surface area contributed by atoms with Crippen LogP contribution in [0.1, 0.15) is 25.2 Å². The van der Waals surface area contributed by atoms with E-state index in [1.807, 2.05) is 11.6 Å². The van der Waals surface area contributed by atoms with Gasteiger partial charge in [-0.1, -0.05) is 18.5 Å². The molecule has 0 aliphatic carbocycles. The van der Waals surface area contributed by atoms with Gasteiger partial charge in [-0.05, 0) is 20.4 Å². The zero-order valence-corrected chi connectivity index (χ0v) is 13.4. The van der Waals surface area contributed by atoms with E-state index in [4.69, 9.17) is 16.3 Å². The Labute approximate surface area is 126 Å². The van der Waals surface area contributed by atoms with E-state index in [0.29, 0.717) is 6.04 Å². The van der Waals surface area contributed by atoms with Crippen molar-refractivity contribution in [2.45, 2.75) is 39.9 Å². The van der Waals surface area contributed by atoms with Crippen LogP contribution in [0.15, 0.2) is 0 Å². The highest BCUT2D eigenvalue weighted by Crippen LogP contribution is 2.23. The van der Waals surface area contributed by atoms with Gasteiger partial charge < -0.3 is 10.1 Å². The molecule has 0 aromatic carbocycles. The number of rotatable bonds is 6. The predicted molar refractivity (Wildman–Crippen MR) is 81.2 cm³/mol. The summed E-state index contributed by atoms with van der Waals surface area (Å²) in [7, 11) is 0. The van der Waals surface area contributed by atoms with E-state index >= 15 is 0 Å². The second kappa shape index (κ2) is 7.41. The third kappa shape index (κ3) is 3.52. The number of morpholine rings is 1. The Morgan fingerprint density at radius 3 is 2.95 bits per heavy atom. The second-order valence-electron chi connectivity index (χ2n) is 5.17. The van der Waals surface area contributed by atoms with Crippen LogP contribution in [0, 0.1) is 6.92 Å². The molecule has 1 N–H and O–H groups in total. The Morgan fingerprint density at radius 1 is 1.45 bits per heavy atom. The van der Waals surface area contributed by atoms with Gasteiger partial charge in [-0.3, -0.25) is 9.58 Å². The van der Waals surface area contributed by atoms with Gasteiger partial charge in [-0.25, -0.2) is 0 Å². The molecular weight excluding hydrogens is 276 g/mol. The molecule has 1 fully saturated rings. The molecule has 2 heterocycles. The first-order chi connectivity index (χ1) is 9.67. The first kappa shape index (κ1) is 15.8. The molecule has 2 rings (SSSR count). The number of hydrogen-bond donors (Lipinski definition) is 1. The van der Waals surface area contributed by atoms with Crippen molar-refractivity contribution < 1.29 is 4.74 Å². The van der Waals surface area contributed by atoms with Gasteiger partial charge in [0.05, 0.1) is 29.6 Å². The van der Waals surface area contributed by atoms with Gasteiger partial charge in [0, 0.05) is 32.2 Å². The maximum Gasteiger partial charge on any atom is 0.0860 e. The standard InChI is InChI=1S/C14H25ClN4O/c1-4-16-8-12-10-20-7-6-18(12)9-13-14(15)11(3)17-19(13)5-2/h12,16H,4-10H2,1-3H3. The summed E-state index contributed by atoms with van der Waals surface area (Å²) < 4.78 is 7.61. The highest BCUT2D eigenvalue weighted by Gasteiger charge is 2.25. The number of nitrogens with one attached hydrogen (secondary N) is 1. The van der Waals surface area contributed by atoms with Crippen molar-refractivity contribution in [2.75, 3.05) is 32.8 Å². The summed E-state index contributed by atoms with van der Waals surface area (Å²) in [5.74, 6) is 0. The summed E-state index contributed by atoms with van der Waals surface area (Å²) in [4.78, 5) is 2.45. The van der Waals surface area contributed by atoms with Crippen LogP contribution in [0.4, 0.5) is 0 Å².